The summed E-state index contributed by atoms with van der Waals surface area (Å²) in [6, 6.07) is 0.836. The van der Waals surface area contributed by atoms with Gasteiger partial charge in [0, 0.05) is 56.4 Å². The van der Waals surface area contributed by atoms with Crippen LogP contribution in [0.25, 0.3) is 0 Å². The Morgan fingerprint density at radius 3 is 1.73 bits per heavy atom. The number of piperidine rings is 1. The van der Waals surface area contributed by atoms with E-state index in [0.29, 0.717) is 11.1 Å². The maximum atomic E-state index is 2.79. The summed E-state index contributed by atoms with van der Waals surface area (Å²) in [5.74, 6) is 0.890. The molecule has 0 radical (unpaired) electrons. The third kappa shape index (κ3) is 5.21. The van der Waals surface area contributed by atoms with Crippen molar-refractivity contribution in [3.05, 3.63) is 0 Å². The molecule has 0 saturated carbocycles. The van der Waals surface area contributed by atoms with Crippen LogP contribution < -0.4 is 0 Å². The average Bonchev–Trinajstić information content (AvgIpc) is 3.04. The van der Waals surface area contributed by atoms with Gasteiger partial charge in [0.25, 0.3) is 0 Å². The average molecular weight is 365 g/mol. The smallest absolute Gasteiger partial charge is 0.0126 e. The molecule has 0 aromatic heterocycles. The SMILES string of the molecule is CC(C)(C)N1CCN(C2CCN(C[C@H]3CCN(C(C)(C)C)C3)CC2)CC1. The molecule has 0 aliphatic carbocycles. The molecule has 0 aromatic carbocycles. The summed E-state index contributed by atoms with van der Waals surface area (Å²) in [6.45, 7) is 25.7. The molecule has 26 heavy (non-hydrogen) atoms. The van der Waals surface area contributed by atoms with E-state index >= 15 is 0 Å². The van der Waals surface area contributed by atoms with E-state index in [-0.39, 0.29) is 0 Å². The monoisotopic (exact) mass is 364 g/mol. The highest BCUT2D eigenvalue weighted by Gasteiger charge is 2.33. The molecule has 0 spiro atoms. The first-order chi connectivity index (χ1) is 12.1. The Hall–Kier alpha value is -0.160. The number of nitrogens with zero attached hydrogens (tertiary/aromatic N) is 4. The summed E-state index contributed by atoms with van der Waals surface area (Å²) in [5.41, 5.74) is 0.675. The van der Waals surface area contributed by atoms with Crippen molar-refractivity contribution in [2.24, 2.45) is 5.92 Å². The maximum Gasteiger partial charge on any atom is 0.0126 e. The normalized spacial score (nSPS) is 29.5. The van der Waals surface area contributed by atoms with E-state index in [2.05, 4.69) is 61.1 Å². The van der Waals surface area contributed by atoms with Gasteiger partial charge in [-0.25, -0.2) is 0 Å². The van der Waals surface area contributed by atoms with E-state index in [1.54, 1.807) is 0 Å². The van der Waals surface area contributed by atoms with Crippen molar-refractivity contribution in [2.45, 2.75) is 77.9 Å². The second-order valence-corrected chi connectivity index (χ2v) is 11.0. The van der Waals surface area contributed by atoms with Crippen LogP contribution in [-0.2, 0) is 0 Å². The van der Waals surface area contributed by atoms with E-state index < -0.39 is 0 Å². The van der Waals surface area contributed by atoms with Crippen molar-refractivity contribution >= 4 is 0 Å². The van der Waals surface area contributed by atoms with Crippen molar-refractivity contribution in [1.29, 1.82) is 0 Å². The Labute approximate surface area is 162 Å². The number of piperazine rings is 1. The lowest BCUT2D eigenvalue weighted by atomic mass is 9.99. The van der Waals surface area contributed by atoms with Gasteiger partial charge in [-0.1, -0.05) is 0 Å². The van der Waals surface area contributed by atoms with Crippen LogP contribution in [0.4, 0.5) is 0 Å². The van der Waals surface area contributed by atoms with Crippen molar-refractivity contribution < 1.29 is 0 Å². The second kappa shape index (κ2) is 8.06. The van der Waals surface area contributed by atoms with Gasteiger partial charge in [0.05, 0.1) is 0 Å². The molecule has 0 bridgehead atoms. The van der Waals surface area contributed by atoms with Gasteiger partial charge in [-0.15, -0.1) is 0 Å². The Kier molecular flexibility index (Phi) is 6.38. The molecular weight excluding hydrogens is 320 g/mol. The quantitative estimate of drug-likeness (QED) is 0.763. The minimum absolute atomic E-state index is 0.331. The van der Waals surface area contributed by atoms with Crippen LogP contribution in [0, 0.1) is 5.92 Å². The first-order valence-corrected chi connectivity index (χ1v) is 11.1. The molecule has 3 saturated heterocycles. The summed E-state index contributed by atoms with van der Waals surface area (Å²) in [7, 11) is 0. The van der Waals surface area contributed by atoms with Crippen LogP contribution in [0.15, 0.2) is 0 Å². The fraction of sp³-hybridized carbons (Fsp3) is 1.00. The first kappa shape index (κ1) is 20.6. The molecular formula is C22H44N4. The predicted molar refractivity (Wildman–Crippen MR) is 112 cm³/mol. The maximum absolute atomic E-state index is 2.79. The fourth-order valence-electron chi connectivity index (χ4n) is 5.18. The zero-order valence-electron chi connectivity index (χ0n) is 18.4. The Morgan fingerprint density at radius 2 is 1.23 bits per heavy atom. The minimum Gasteiger partial charge on any atom is -0.303 e. The molecule has 3 fully saturated rings. The van der Waals surface area contributed by atoms with Gasteiger partial charge >= 0.3 is 0 Å². The minimum atomic E-state index is 0.331. The van der Waals surface area contributed by atoms with Crippen LogP contribution in [0.1, 0.15) is 60.8 Å². The molecule has 0 amide bonds. The molecule has 0 N–H and O–H groups in total. The van der Waals surface area contributed by atoms with Crippen LogP contribution in [0.3, 0.4) is 0 Å². The van der Waals surface area contributed by atoms with E-state index in [4.69, 9.17) is 0 Å². The van der Waals surface area contributed by atoms with Crippen LogP contribution in [0.5, 0.6) is 0 Å². The Morgan fingerprint density at radius 1 is 0.654 bits per heavy atom. The molecule has 0 aromatic rings. The molecule has 3 heterocycles. The van der Waals surface area contributed by atoms with Crippen LogP contribution >= 0.6 is 0 Å². The molecule has 3 rings (SSSR count). The van der Waals surface area contributed by atoms with Gasteiger partial charge in [-0.2, -0.15) is 0 Å². The molecule has 152 valence electrons. The third-order valence-electron chi connectivity index (χ3n) is 7.09. The van der Waals surface area contributed by atoms with Crippen LogP contribution in [0.2, 0.25) is 0 Å². The summed E-state index contributed by atoms with van der Waals surface area (Å²) in [6.07, 6.45) is 4.16. The predicted octanol–water partition coefficient (Wildman–Crippen LogP) is 2.99. The third-order valence-corrected chi connectivity index (χ3v) is 7.09. The largest absolute Gasteiger partial charge is 0.303 e. The highest BCUT2D eigenvalue weighted by Crippen LogP contribution is 2.27. The molecule has 0 unspecified atom stereocenters. The van der Waals surface area contributed by atoms with Gasteiger partial charge in [0.1, 0.15) is 0 Å². The Balaban J connectivity index is 1.38. The highest BCUT2D eigenvalue weighted by atomic mass is 15.3. The zero-order valence-corrected chi connectivity index (χ0v) is 18.4. The molecule has 1 atom stereocenters. The second-order valence-electron chi connectivity index (χ2n) is 11.0. The van der Waals surface area contributed by atoms with Crippen molar-refractivity contribution in [3.8, 4) is 0 Å². The first-order valence-electron chi connectivity index (χ1n) is 11.1. The van der Waals surface area contributed by atoms with Crippen LogP contribution in [-0.4, -0.2) is 95.6 Å². The number of likely N-dealkylation sites (tertiary alicyclic amines) is 2. The Bertz CT molecular complexity index is 434. The van der Waals surface area contributed by atoms with Gasteiger partial charge < -0.3 is 4.90 Å². The topological polar surface area (TPSA) is 13.0 Å². The van der Waals surface area contributed by atoms with E-state index in [9.17, 15) is 0 Å². The summed E-state index contributed by atoms with van der Waals surface area (Å²) < 4.78 is 0. The van der Waals surface area contributed by atoms with E-state index in [0.717, 1.165) is 12.0 Å². The van der Waals surface area contributed by atoms with E-state index in [1.807, 2.05) is 0 Å². The van der Waals surface area contributed by atoms with E-state index in [1.165, 1.54) is 78.2 Å². The molecule has 4 nitrogen and oxygen atoms in total. The number of hydrogen-bond acceptors (Lipinski definition) is 4. The molecule has 3 aliphatic heterocycles. The van der Waals surface area contributed by atoms with Gasteiger partial charge in [0.15, 0.2) is 0 Å². The van der Waals surface area contributed by atoms with Crippen molar-refractivity contribution in [1.82, 2.24) is 19.6 Å². The fourth-order valence-corrected chi connectivity index (χ4v) is 5.18. The number of rotatable bonds is 3. The van der Waals surface area contributed by atoms with Gasteiger partial charge in [-0.05, 0) is 86.4 Å². The lowest BCUT2D eigenvalue weighted by Crippen LogP contribution is -2.57. The molecule has 3 aliphatic rings. The van der Waals surface area contributed by atoms with Gasteiger partial charge in [-0.3, -0.25) is 14.7 Å². The summed E-state index contributed by atoms with van der Waals surface area (Å²) >= 11 is 0. The van der Waals surface area contributed by atoms with Crippen molar-refractivity contribution in [2.75, 3.05) is 58.9 Å². The summed E-state index contributed by atoms with van der Waals surface area (Å²) in [4.78, 5) is 10.9. The zero-order chi connectivity index (χ0) is 18.9. The van der Waals surface area contributed by atoms with Crippen molar-refractivity contribution in [3.63, 3.8) is 0 Å². The number of hydrogen-bond donors (Lipinski definition) is 0. The molecule has 4 heteroatoms. The lowest BCUT2D eigenvalue weighted by Gasteiger charge is -2.46. The lowest BCUT2D eigenvalue weighted by molar-refractivity contribution is 0.0221. The highest BCUT2D eigenvalue weighted by molar-refractivity contribution is 4.89. The van der Waals surface area contributed by atoms with Gasteiger partial charge in [0.2, 0.25) is 0 Å². The summed E-state index contributed by atoms with van der Waals surface area (Å²) in [5, 5.41) is 0. The standard InChI is InChI=1S/C22H44N4/c1-21(2,3)25-15-13-24(14-16-25)20-8-10-23(11-9-20)17-19-7-12-26(18-19)22(4,5)6/h19-20H,7-18H2,1-6H3/t19-/m1/s1.